The number of nitrogens with zero attached hydrogens (tertiary/aromatic N) is 8. The summed E-state index contributed by atoms with van der Waals surface area (Å²) in [7, 11) is 1.47. The first kappa shape index (κ1) is 28.5. The van der Waals surface area contributed by atoms with Crippen LogP contribution < -0.4 is 15.6 Å². The largest absolute Gasteiger partial charge is 0.483 e. The van der Waals surface area contributed by atoms with E-state index >= 15 is 0 Å². The Balaban J connectivity index is 1.59. The molecule has 0 fully saturated rings. The molecule has 2 N–H and O–H groups in total. The van der Waals surface area contributed by atoms with Gasteiger partial charge in [0, 0.05) is 23.8 Å². The molecule has 4 heterocycles. The summed E-state index contributed by atoms with van der Waals surface area (Å²) in [5, 5.41) is 16.8. The summed E-state index contributed by atoms with van der Waals surface area (Å²) in [6.07, 6.45) is 3.33. The van der Waals surface area contributed by atoms with Crippen molar-refractivity contribution in [2.24, 2.45) is 5.10 Å². The average molecular weight is 618 g/mol. The Bertz CT molecular complexity index is 1690. The minimum absolute atomic E-state index is 0.0581. The van der Waals surface area contributed by atoms with Crippen LogP contribution in [0.2, 0.25) is 15.6 Å². The fourth-order valence-corrected chi connectivity index (χ4v) is 4.87. The second-order valence-electron chi connectivity index (χ2n) is 9.32. The molecule has 0 saturated heterocycles. The lowest BCUT2D eigenvalue weighted by Crippen LogP contribution is -2.40. The number of pyridine rings is 1. The van der Waals surface area contributed by atoms with Crippen molar-refractivity contribution in [3.8, 4) is 5.95 Å². The molecule has 1 aromatic carbocycles. The molecule has 1 aliphatic heterocycles. The number of carbonyl (C=O) groups is 2. The minimum Gasteiger partial charge on any atom is -0.483 e. The van der Waals surface area contributed by atoms with Crippen molar-refractivity contribution in [2.45, 2.75) is 39.3 Å². The number of nitrogens with one attached hydrogen (secondary N) is 2. The summed E-state index contributed by atoms with van der Waals surface area (Å²) in [4.78, 5) is 43.5. The van der Waals surface area contributed by atoms with E-state index in [-0.39, 0.29) is 40.2 Å². The molecule has 1 unspecified atom stereocenters. The molecule has 0 saturated carbocycles. The smallest absolute Gasteiger partial charge is 0.256 e. The highest BCUT2D eigenvalue weighted by atomic mass is 35.5. The van der Waals surface area contributed by atoms with Crippen LogP contribution in [0.1, 0.15) is 36.2 Å². The maximum atomic E-state index is 13.8. The molecule has 2 amide bonds. The Hall–Kier alpha value is -4.07. The van der Waals surface area contributed by atoms with Gasteiger partial charge in [-0.3, -0.25) is 9.59 Å². The van der Waals surface area contributed by atoms with Crippen molar-refractivity contribution < 1.29 is 14.3 Å². The molecule has 41 heavy (non-hydrogen) atoms. The van der Waals surface area contributed by atoms with E-state index in [0.29, 0.717) is 33.2 Å². The second kappa shape index (κ2) is 11.4. The monoisotopic (exact) mass is 616 g/mol. The topological polar surface area (TPSA) is 152 Å². The molecule has 1 atom stereocenters. The Labute approximate surface area is 248 Å². The summed E-state index contributed by atoms with van der Waals surface area (Å²) in [6, 6.07) is 4.05. The number of methoxy groups -OCH3 is 1. The van der Waals surface area contributed by atoms with Crippen LogP contribution in [0.25, 0.3) is 16.9 Å². The number of hydrogen-bond acceptors (Lipinski definition) is 10. The zero-order valence-corrected chi connectivity index (χ0v) is 24.5. The molecular formula is C25H23Cl3N10O3. The predicted octanol–water partition coefficient (Wildman–Crippen LogP) is 4.19. The molecule has 0 radical (unpaired) electrons. The maximum Gasteiger partial charge on any atom is 0.256 e. The van der Waals surface area contributed by atoms with Gasteiger partial charge in [0.1, 0.15) is 11.6 Å². The van der Waals surface area contributed by atoms with E-state index in [0.717, 1.165) is 0 Å². The van der Waals surface area contributed by atoms with Gasteiger partial charge < -0.3 is 15.4 Å². The molecule has 1 aliphatic rings. The number of hydrogen-bond donors (Lipinski definition) is 2. The van der Waals surface area contributed by atoms with E-state index in [1.165, 1.54) is 16.8 Å². The highest BCUT2D eigenvalue weighted by Crippen LogP contribution is 2.33. The van der Waals surface area contributed by atoms with Gasteiger partial charge in [0.25, 0.3) is 11.9 Å². The first-order valence-corrected chi connectivity index (χ1v) is 13.4. The SMILES string of the molecule is COC1=NN(c2ncccc2Cl)C(C(=O)Nc2c(C)cc3cn(-c4nc(Cl)nc(Cl)n4)nc3c2C(=O)NC(C)C)C1. The first-order chi connectivity index (χ1) is 19.5. The van der Waals surface area contributed by atoms with Crippen molar-refractivity contribution in [3.05, 3.63) is 57.3 Å². The van der Waals surface area contributed by atoms with Gasteiger partial charge in [-0.25, -0.2) is 14.7 Å². The number of halogens is 3. The minimum atomic E-state index is -0.861. The number of anilines is 2. The maximum absolute atomic E-state index is 13.8. The van der Waals surface area contributed by atoms with Crippen molar-refractivity contribution in [2.75, 3.05) is 17.4 Å². The lowest BCUT2D eigenvalue weighted by Gasteiger charge is -2.23. The zero-order chi connectivity index (χ0) is 29.4. The molecule has 13 nitrogen and oxygen atoms in total. The van der Waals surface area contributed by atoms with Gasteiger partial charge in [0.2, 0.25) is 22.4 Å². The summed E-state index contributed by atoms with van der Waals surface area (Å²) < 4.78 is 6.66. The third-order valence-corrected chi connectivity index (χ3v) is 6.67. The number of aromatic nitrogens is 6. The average Bonchev–Trinajstić information content (AvgIpc) is 3.53. The van der Waals surface area contributed by atoms with Crippen molar-refractivity contribution in [1.82, 2.24) is 35.0 Å². The quantitative estimate of drug-likeness (QED) is 0.324. The van der Waals surface area contributed by atoms with Gasteiger partial charge in [-0.05, 0) is 67.7 Å². The van der Waals surface area contributed by atoms with Crippen LogP contribution in [0.5, 0.6) is 0 Å². The van der Waals surface area contributed by atoms with Gasteiger partial charge in [-0.2, -0.15) is 20.1 Å². The van der Waals surface area contributed by atoms with E-state index in [1.807, 2.05) is 13.8 Å². The van der Waals surface area contributed by atoms with Gasteiger partial charge in [0.15, 0.2) is 5.82 Å². The van der Waals surface area contributed by atoms with Crippen molar-refractivity contribution in [3.63, 3.8) is 0 Å². The van der Waals surface area contributed by atoms with Crippen LogP contribution in [-0.2, 0) is 9.53 Å². The highest BCUT2D eigenvalue weighted by molar-refractivity contribution is 6.33. The Morgan fingerprint density at radius 1 is 1.15 bits per heavy atom. The summed E-state index contributed by atoms with van der Waals surface area (Å²) >= 11 is 18.3. The molecule has 0 spiro atoms. The van der Waals surface area contributed by atoms with Crippen LogP contribution in [0.4, 0.5) is 11.5 Å². The number of rotatable bonds is 6. The number of ether oxygens (including phenoxy) is 1. The fourth-order valence-electron chi connectivity index (χ4n) is 4.30. The molecule has 0 aliphatic carbocycles. The van der Waals surface area contributed by atoms with E-state index in [1.54, 1.807) is 37.5 Å². The molecule has 4 aromatic rings. The third kappa shape index (κ3) is 5.73. The zero-order valence-electron chi connectivity index (χ0n) is 22.2. The standard InChI is InChI=1S/C25H23Cl3N10O3/c1-11(2)30-22(40)17-18(12(3)8-13-10-37(36-19(13)17)25-33-23(27)32-24(28)34-25)31-21(39)15-9-16(41-4)35-38(15)20-14(26)6-5-7-29-20/h5-8,10-11,15H,9H2,1-4H3,(H,30,40)(H,31,39). The van der Waals surface area contributed by atoms with Crippen LogP contribution in [0.15, 0.2) is 35.7 Å². The van der Waals surface area contributed by atoms with Crippen LogP contribution in [0, 0.1) is 6.92 Å². The van der Waals surface area contributed by atoms with E-state index in [2.05, 4.69) is 40.8 Å². The third-order valence-electron chi connectivity index (χ3n) is 6.04. The molecule has 0 bridgehead atoms. The van der Waals surface area contributed by atoms with Crippen molar-refractivity contribution in [1.29, 1.82) is 0 Å². The van der Waals surface area contributed by atoms with E-state index in [4.69, 9.17) is 39.5 Å². The molecule has 212 valence electrons. The normalized spacial score (nSPS) is 14.9. The molecular weight excluding hydrogens is 595 g/mol. The second-order valence-corrected chi connectivity index (χ2v) is 10.4. The Kier molecular flexibility index (Phi) is 7.93. The predicted molar refractivity (Wildman–Crippen MR) is 155 cm³/mol. The van der Waals surface area contributed by atoms with Crippen molar-refractivity contribution >= 4 is 74.9 Å². The van der Waals surface area contributed by atoms with Gasteiger partial charge >= 0.3 is 0 Å². The highest BCUT2D eigenvalue weighted by Gasteiger charge is 2.37. The Morgan fingerprint density at radius 3 is 2.54 bits per heavy atom. The van der Waals surface area contributed by atoms with E-state index in [9.17, 15) is 9.59 Å². The number of amides is 2. The molecule has 5 rings (SSSR count). The number of hydrazone groups is 1. The summed E-state index contributed by atoms with van der Waals surface area (Å²) in [5.74, 6) is -0.224. The fraction of sp³-hybridized carbons (Fsp3) is 0.280. The summed E-state index contributed by atoms with van der Waals surface area (Å²) in [6.45, 7) is 5.43. The molecule has 16 heteroatoms. The number of fused-ring (bicyclic) bond motifs is 1. The van der Waals surface area contributed by atoms with Gasteiger partial charge in [0.05, 0.1) is 29.8 Å². The van der Waals surface area contributed by atoms with Crippen LogP contribution in [0.3, 0.4) is 0 Å². The van der Waals surface area contributed by atoms with Crippen LogP contribution >= 0.6 is 34.8 Å². The lowest BCUT2D eigenvalue weighted by molar-refractivity contribution is -0.117. The summed E-state index contributed by atoms with van der Waals surface area (Å²) in [5.41, 5.74) is 1.33. The first-order valence-electron chi connectivity index (χ1n) is 12.3. The lowest BCUT2D eigenvalue weighted by atomic mass is 10.0. The number of benzene rings is 1. The van der Waals surface area contributed by atoms with Gasteiger partial charge in [-0.1, -0.05) is 11.6 Å². The van der Waals surface area contributed by atoms with E-state index < -0.39 is 17.9 Å². The number of aryl methyl sites for hydroxylation is 1. The van der Waals surface area contributed by atoms with Crippen LogP contribution in [-0.4, -0.2) is 66.6 Å². The Morgan fingerprint density at radius 2 is 1.88 bits per heavy atom. The van der Waals surface area contributed by atoms with Gasteiger partial charge in [-0.15, -0.1) is 5.10 Å². The molecule has 3 aromatic heterocycles. The number of carbonyl (C=O) groups excluding carboxylic acids is 2.